The Morgan fingerprint density at radius 1 is 0.762 bits per heavy atom. The van der Waals surface area contributed by atoms with E-state index >= 15 is 0 Å². The van der Waals surface area contributed by atoms with Crippen LogP contribution in [-0.2, 0) is 0 Å². The van der Waals surface area contributed by atoms with Gasteiger partial charge in [-0.25, -0.2) is 31.3 Å². The lowest BCUT2D eigenvalue weighted by Gasteiger charge is -2.05. The summed E-state index contributed by atoms with van der Waals surface area (Å²) in [6, 6.07) is 3.38. The first kappa shape index (κ1) is 13.9. The molecule has 0 saturated carbocycles. The minimum absolute atomic E-state index is 0.195. The van der Waals surface area contributed by atoms with Crippen molar-refractivity contribution in [3.05, 3.63) is 53.1 Å². The van der Waals surface area contributed by atoms with Gasteiger partial charge in [0.25, 0.3) is 0 Å². The first-order valence-corrected chi connectivity index (χ1v) is 6.29. The number of thiazole rings is 1. The van der Waals surface area contributed by atoms with Crippen molar-refractivity contribution in [2.45, 2.75) is 0 Å². The highest BCUT2D eigenvalue weighted by Gasteiger charge is 2.28. The molecule has 3 rings (SSSR count). The van der Waals surface area contributed by atoms with E-state index in [1.54, 1.807) is 0 Å². The quantitative estimate of drug-likeness (QED) is 0.357. The molecule has 0 bridgehead atoms. The number of rotatable bonds is 1. The minimum atomic E-state index is -2.24. The highest BCUT2D eigenvalue weighted by Crippen LogP contribution is 2.36. The summed E-state index contributed by atoms with van der Waals surface area (Å²) < 4.78 is 79.9. The molecule has 0 aliphatic rings. The van der Waals surface area contributed by atoms with Crippen molar-refractivity contribution >= 4 is 21.6 Å². The minimum Gasteiger partial charge on any atom is -0.236 e. The fourth-order valence-corrected chi connectivity index (χ4v) is 2.82. The molecule has 1 aromatic heterocycles. The summed E-state index contributed by atoms with van der Waals surface area (Å²) in [6.07, 6.45) is 0. The lowest BCUT2D eigenvalue weighted by atomic mass is 10.2. The van der Waals surface area contributed by atoms with Crippen LogP contribution >= 0.6 is 11.3 Å². The van der Waals surface area contributed by atoms with Crippen molar-refractivity contribution in [2.75, 3.05) is 0 Å². The van der Waals surface area contributed by atoms with Gasteiger partial charge in [-0.15, -0.1) is 11.3 Å². The van der Waals surface area contributed by atoms with E-state index in [9.17, 15) is 26.3 Å². The molecule has 2 aromatic carbocycles. The van der Waals surface area contributed by atoms with Crippen molar-refractivity contribution in [3.63, 3.8) is 0 Å². The van der Waals surface area contributed by atoms with Crippen LogP contribution in [0.1, 0.15) is 0 Å². The number of hydrogen-bond donors (Lipinski definition) is 0. The predicted octanol–water partition coefficient (Wildman–Crippen LogP) is 4.80. The number of hydrogen-bond acceptors (Lipinski definition) is 2. The van der Waals surface area contributed by atoms with Crippen LogP contribution in [0.15, 0.2) is 18.2 Å². The second-order valence-electron chi connectivity index (χ2n) is 4.08. The molecule has 0 aliphatic heterocycles. The van der Waals surface area contributed by atoms with Crippen molar-refractivity contribution in [2.24, 2.45) is 0 Å². The van der Waals surface area contributed by atoms with Crippen molar-refractivity contribution in [1.82, 2.24) is 4.98 Å². The summed E-state index contributed by atoms with van der Waals surface area (Å²) in [5, 5.41) is -0.414. The zero-order valence-electron chi connectivity index (χ0n) is 9.86. The maximum Gasteiger partial charge on any atom is 0.200 e. The molecule has 0 saturated heterocycles. The molecule has 0 aliphatic carbocycles. The lowest BCUT2D eigenvalue weighted by Crippen LogP contribution is -2.03. The second-order valence-corrected chi connectivity index (χ2v) is 5.11. The molecule has 0 radical (unpaired) electrons. The predicted molar refractivity (Wildman–Crippen MR) is 64.8 cm³/mol. The van der Waals surface area contributed by atoms with Gasteiger partial charge in [-0.2, -0.15) is 0 Å². The summed E-state index contributed by atoms with van der Waals surface area (Å²) in [5.41, 5.74) is -0.923. The van der Waals surface area contributed by atoms with E-state index in [-0.39, 0.29) is 10.2 Å². The first-order valence-electron chi connectivity index (χ1n) is 5.48. The van der Waals surface area contributed by atoms with Gasteiger partial charge in [0.15, 0.2) is 23.3 Å². The van der Waals surface area contributed by atoms with Crippen molar-refractivity contribution < 1.29 is 26.3 Å². The molecule has 0 fully saturated rings. The zero-order valence-corrected chi connectivity index (χ0v) is 10.7. The normalized spacial score (nSPS) is 11.3. The molecule has 0 spiro atoms. The highest BCUT2D eigenvalue weighted by molar-refractivity contribution is 7.21. The van der Waals surface area contributed by atoms with Gasteiger partial charge < -0.3 is 0 Å². The van der Waals surface area contributed by atoms with Gasteiger partial charge in [-0.1, -0.05) is 0 Å². The SMILES string of the molecule is Fc1ccc2nc(-c3c(F)c(F)c(F)c(F)c3F)sc2c1. The Kier molecular flexibility index (Phi) is 3.12. The molecule has 8 heteroatoms. The molecule has 0 amide bonds. The summed E-state index contributed by atoms with van der Waals surface area (Å²) in [6.45, 7) is 0. The number of nitrogens with zero attached hydrogens (tertiary/aromatic N) is 1. The van der Waals surface area contributed by atoms with E-state index in [2.05, 4.69) is 4.98 Å². The Balaban J connectivity index is 2.32. The van der Waals surface area contributed by atoms with Gasteiger partial charge in [0, 0.05) is 0 Å². The smallest absolute Gasteiger partial charge is 0.200 e. The van der Waals surface area contributed by atoms with E-state index in [4.69, 9.17) is 0 Å². The topological polar surface area (TPSA) is 12.9 Å². The summed E-state index contributed by atoms with van der Waals surface area (Å²) in [7, 11) is 0. The van der Waals surface area contributed by atoms with Gasteiger partial charge in [-0.05, 0) is 18.2 Å². The van der Waals surface area contributed by atoms with Gasteiger partial charge in [0.05, 0.1) is 15.8 Å². The highest BCUT2D eigenvalue weighted by atomic mass is 32.1. The van der Waals surface area contributed by atoms with Crippen LogP contribution < -0.4 is 0 Å². The third kappa shape index (κ3) is 2.06. The summed E-state index contributed by atoms with van der Waals surface area (Å²) >= 11 is 0.629. The third-order valence-electron chi connectivity index (χ3n) is 2.77. The number of halogens is 6. The average Bonchev–Trinajstić information content (AvgIpc) is 2.85. The van der Waals surface area contributed by atoms with Crippen LogP contribution in [-0.4, -0.2) is 4.98 Å². The van der Waals surface area contributed by atoms with Crippen LogP contribution in [0, 0.1) is 34.9 Å². The van der Waals surface area contributed by atoms with E-state index in [0.29, 0.717) is 11.3 Å². The van der Waals surface area contributed by atoms with Crippen molar-refractivity contribution in [1.29, 1.82) is 0 Å². The standard InChI is InChI=1S/C13H3F6NS/c14-4-1-2-5-6(3-4)21-13(20-5)7-8(15)10(17)12(19)11(18)9(7)16/h1-3H. The average molecular weight is 319 g/mol. The lowest BCUT2D eigenvalue weighted by molar-refractivity contribution is 0.381. The van der Waals surface area contributed by atoms with Crippen molar-refractivity contribution in [3.8, 4) is 10.6 Å². The summed E-state index contributed by atoms with van der Waals surface area (Å²) in [5.74, 6) is -10.9. The number of aromatic nitrogens is 1. The molecule has 0 unspecified atom stereocenters. The molecule has 1 heterocycles. The van der Waals surface area contributed by atoms with Crippen LogP contribution in [0.3, 0.4) is 0 Å². The van der Waals surface area contributed by atoms with E-state index < -0.39 is 45.5 Å². The van der Waals surface area contributed by atoms with E-state index in [1.165, 1.54) is 6.07 Å². The van der Waals surface area contributed by atoms with E-state index in [0.717, 1.165) is 12.1 Å². The molecular formula is C13H3F6NS. The Morgan fingerprint density at radius 2 is 1.33 bits per heavy atom. The Bertz CT molecular complexity index is 844. The van der Waals surface area contributed by atoms with E-state index in [1.807, 2.05) is 0 Å². The second kappa shape index (κ2) is 4.73. The number of benzene rings is 2. The molecule has 1 nitrogen and oxygen atoms in total. The van der Waals surface area contributed by atoms with Crippen LogP contribution in [0.5, 0.6) is 0 Å². The maximum absolute atomic E-state index is 13.7. The molecule has 21 heavy (non-hydrogen) atoms. The largest absolute Gasteiger partial charge is 0.236 e. The fourth-order valence-electron chi connectivity index (χ4n) is 1.80. The van der Waals surface area contributed by atoms with Gasteiger partial charge in [0.2, 0.25) is 5.82 Å². The molecule has 108 valence electrons. The molecule has 0 atom stereocenters. The summed E-state index contributed by atoms with van der Waals surface area (Å²) in [4.78, 5) is 3.77. The molecule has 0 N–H and O–H groups in total. The Hall–Kier alpha value is -2.09. The maximum atomic E-state index is 13.7. The molecule has 3 aromatic rings. The Morgan fingerprint density at radius 3 is 1.95 bits per heavy atom. The number of fused-ring (bicyclic) bond motifs is 1. The van der Waals surface area contributed by atoms with Crippen LogP contribution in [0.4, 0.5) is 26.3 Å². The van der Waals surface area contributed by atoms with Gasteiger partial charge in [-0.3, -0.25) is 0 Å². The van der Waals surface area contributed by atoms with Gasteiger partial charge in [0.1, 0.15) is 10.8 Å². The van der Waals surface area contributed by atoms with Crippen LogP contribution in [0.2, 0.25) is 0 Å². The van der Waals surface area contributed by atoms with Crippen LogP contribution in [0.25, 0.3) is 20.8 Å². The first-order chi connectivity index (χ1) is 9.90. The fraction of sp³-hybridized carbons (Fsp3) is 0. The van der Waals surface area contributed by atoms with Gasteiger partial charge >= 0.3 is 0 Å². The molecular weight excluding hydrogens is 316 g/mol. The monoisotopic (exact) mass is 319 g/mol. The zero-order chi connectivity index (χ0) is 15.3. The third-order valence-corrected chi connectivity index (χ3v) is 3.81. The Labute approximate surface area is 117 Å².